The first-order valence-electron chi connectivity index (χ1n) is 5.98. The lowest BCUT2D eigenvalue weighted by molar-refractivity contribution is -0.116. The fourth-order valence-corrected chi connectivity index (χ4v) is 1.95. The smallest absolute Gasteiger partial charge is 0.224 e. The summed E-state index contributed by atoms with van der Waals surface area (Å²) in [7, 11) is 0. The summed E-state index contributed by atoms with van der Waals surface area (Å²) in [4.78, 5) is 11.7. The number of amides is 1. The average Bonchev–Trinajstić information content (AvgIpc) is 2.30. The fraction of sp³-hybridized carbons (Fsp3) is 0.462. The number of carbonyl (C=O) groups excluding carboxylic acids is 1. The maximum absolute atomic E-state index is 13.3. The molecule has 0 fully saturated rings. The minimum absolute atomic E-state index is 0.0796. The summed E-state index contributed by atoms with van der Waals surface area (Å²) in [6, 6.07) is 5.10. The number of nitrogens with one attached hydrogen (secondary N) is 2. The van der Waals surface area contributed by atoms with Crippen molar-refractivity contribution in [1.29, 1.82) is 0 Å². The lowest BCUT2D eigenvalue weighted by Crippen LogP contribution is -2.24. The molecule has 0 radical (unpaired) electrons. The van der Waals surface area contributed by atoms with E-state index >= 15 is 0 Å². The zero-order valence-corrected chi connectivity index (χ0v) is 12.8. The van der Waals surface area contributed by atoms with Crippen molar-refractivity contribution in [2.24, 2.45) is 0 Å². The molecule has 18 heavy (non-hydrogen) atoms. The van der Waals surface area contributed by atoms with Gasteiger partial charge in [0, 0.05) is 12.5 Å². The lowest BCUT2D eigenvalue weighted by atomic mass is 10.2. The molecule has 0 saturated heterocycles. The second kappa shape index (κ2) is 7.68. The summed E-state index contributed by atoms with van der Waals surface area (Å²) in [5, 5.41) is 5.97. The molecular formula is C13H18FIN2O. The van der Waals surface area contributed by atoms with E-state index in [0.717, 1.165) is 13.0 Å². The summed E-state index contributed by atoms with van der Waals surface area (Å²) in [6.45, 7) is 4.94. The molecule has 1 aromatic rings. The van der Waals surface area contributed by atoms with Crippen molar-refractivity contribution in [2.45, 2.75) is 32.7 Å². The van der Waals surface area contributed by atoms with Gasteiger partial charge in [0.1, 0.15) is 5.82 Å². The van der Waals surface area contributed by atoms with Gasteiger partial charge in [0.05, 0.1) is 9.26 Å². The van der Waals surface area contributed by atoms with Crippen LogP contribution in [0.15, 0.2) is 18.2 Å². The van der Waals surface area contributed by atoms with Crippen molar-refractivity contribution in [3.63, 3.8) is 0 Å². The molecule has 0 aliphatic heterocycles. The van der Waals surface area contributed by atoms with Crippen LogP contribution in [0.5, 0.6) is 0 Å². The summed E-state index contributed by atoms with van der Waals surface area (Å²) in [5.41, 5.74) is 0.539. The number of rotatable bonds is 6. The van der Waals surface area contributed by atoms with Crippen molar-refractivity contribution in [3.8, 4) is 0 Å². The Hall–Kier alpha value is -0.690. The first-order chi connectivity index (χ1) is 8.50. The van der Waals surface area contributed by atoms with Crippen LogP contribution in [-0.2, 0) is 4.79 Å². The van der Waals surface area contributed by atoms with Gasteiger partial charge in [-0.25, -0.2) is 4.39 Å². The van der Waals surface area contributed by atoms with E-state index in [1.165, 1.54) is 6.07 Å². The molecule has 0 atom stereocenters. The maximum Gasteiger partial charge on any atom is 0.224 e. The van der Waals surface area contributed by atoms with Gasteiger partial charge in [-0.3, -0.25) is 4.79 Å². The van der Waals surface area contributed by atoms with Gasteiger partial charge in [-0.15, -0.1) is 0 Å². The zero-order valence-electron chi connectivity index (χ0n) is 10.6. The highest BCUT2D eigenvalue weighted by Gasteiger charge is 2.08. The average molecular weight is 364 g/mol. The summed E-state index contributed by atoms with van der Waals surface area (Å²) in [6.07, 6.45) is 1.21. The molecule has 5 heteroatoms. The first kappa shape index (κ1) is 15.4. The van der Waals surface area contributed by atoms with Crippen molar-refractivity contribution >= 4 is 34.2 Å². The van der Waals surface area contributed by atoms with Gasteiger partial charge < -0.3 is 10.6 Å². The van der Waals surface area contributed by atoms with E-state index in [0.29, 0.717) is 21.7 Å². The molecule has 1 rings (SSSR count). The molecular weight excluding hydrogens is 346 g/mol. The molecule has 0 aliphatic carbocycles. The van der Waals surface area contributed by atoms with Gasteiger partial charge in [-0.2, -0.15) is 0 Å². The van der Waals surface area contributed by atoms with Crippen LogP contribution in [-0.4, -0.2) is 18.5 Å². The number of anilines is 1. The van der Waals surface area contributed by atoms with E-state index in [-0.39, 0.29) is 11.7 Å². The van der Waals surface area contributed by atoms with Crippen molar-refractivity contribution in [1.82, 2.24) is 5.32 Å². The molecule has 0 unspecified atom stereocenters. The number of carbonyl (C=O) groups is 1. The van der Waals surface area contributed by atoms with Crippen molar-refractivity contribution < 1.29 is 9.18 Å². The normalized spacial score (nSPS) is 10.7. The van der Waals surface area contributed by atoms with Crippen LogP contribution in [0.4, 0.5) is 10.1 Å². The third-order valence-electron chi connectivity index (χ3n) is 2.36. The van der Waals surface area contributed by atoms with Crippen LogP contribution in [0.3, 0.4) is 0 Å². The highest BCUT2D eigenvalue weighted by Crippen LogP contribution is 2.20. The van der Waals surface area contributed by atoms with E-state index in [1.807, 2.05) is 22.6 Å². The van der Waals surface area contributed by atoms with Crippen molar-refractivity contribution in [2.75, 3.05) is 11.9 Å². The monoisotopic (exact) mass is 364 g/mol. The predicted molar refractivity (Wildman–Crippen MR) is 80.1 cm³/mol. The Kier molecular flexibility index (Phi) is 6.56. The number of halogens is 2. The lowest BCUT2D eigenvalue weighted by Gasteiger charge is -2.09. The van der Waals surface area contributed by atoms with Crippen LogP contribution >= 0.6 is 22.6 Å². The topological polar surface area (TPSA) is 41.1 Å². The van der Waals surface area contributed by atoms with Gasteiger partial charge in [0.25, 0.3) is 0 Å². The molecule has 1 aromatic carbocycles. The SMILES string of the molecule is CC(C)NCCCC(=O)Nc1cccc(F)c1I. The minimum Gasteiger partial charge on any atom is -0.325 e. The molecule has 0 aliphatic rings. The number of hydrogen-bond donors (Lipinski definition) is 2. The highest BCUT2D eigenvalue weighted by molar-refractivity contribution is 14.1. The predicted octanol–water partition coefficient (Wildman–Crippen LogP) is 3.15. The second-order valence-electron chi connectivity index (χ2n) is 4.36. The van der Waals surface area contributed by atoms with Crippen molar-refractivity contribution in [3.05, 3.63) is 27.6 Å². The molecule has 1 amide bonds. The van der Waals surface area contributed by atoms with Crippen LogP contribution in [0.1, 0.15) is 26.7 Å². The number of hydrogen-bond acceptors (Lipinski definition) is 2. The summed E-state index contributed by atoms with van der Waals surface area (Å²) >= 11 is 1.89. The van der Waals surface area contributed by atoms with Crippen LogP contribution in [0, 0.1) is 9.39 Å². The summed E-state index contributed by atoms with van der Waals surface area (Å²) in [5.74, 6) is -0.390. The Balaban J connectivity index is 2.38. The standard InChI is InChI=1S/C13H18FIN2O/c1-9(2)16-8-4-7-12(18)17-11-6-3-5-10(14)13(11)15/h3,5-6,9,16H,4,7-8H2,1-2H3,(H,17,18). The minimum atomic E-state index is -0.310. The highest BCUT2D eigenvalue weighted by atomic mass is 127. The molecule has 2 N–H and O–H groups in total. The Morgan fingerprint density at radius 3 is 2.83 bits per heavy atom. The first-order valence-corrected chi connectivity index (χ1v) is 7.06. The fourth-order valence-electron chi connectivity index (χ4n) is 1.45. The molecule has 0 bridgehead atoms. The van der Waals surface area contributed by atoms with Gasteiger partial charge in [0.15, 0.2) is 0 Å². The Morgan fingerprint density at radius 2 is 2.17 bits per heavy atom. The van der Waals surface area contributed by atoms with Gasteiger partial charge in [0.2, 0.25) is 5.91 Å². The zero-order chi connectivity index (χ0) is 13.5. The van der Waals surface area contributed by atoms with E-state index < -0.39 is 0 Å². The maximum atomic E-state index is 13.3. The second-order valence-corrected chi connectivity index (χ2v) is 5.44. The van der Waals surface area contributed by atoms with Gasteiger partial charge in [-0.1, -0.05) is 19.9 Å². The van der Waals surface area contributed by atoms with E-state index in [1.54, 1.807) is 12.1 Å². The van der Waals surface area contributed by atoms with E-state index in [2.05, 4.69) is 24.5 Å². The molecule has 0 heterocycles. The van der Waals surface area contributed by atoms with E-state index in [9.17, 15) is 9.18 Å². The third kappa shape index (κ3) is 5.30. The van der Waals surface area contributed by atoms with Crippen LogP contribution in [0.25, 0.3) is 0 Å². The molecule has 100 valence electrons. The van der Waals surface area contributed by atoms with Crippen LogP contribution < -0.4 is 10.6 Å². The molecule has 3 nitrogen and oxygen atoms in total. The Bertz CT molecular complexity index is 410. The van der Waals surface area contributed by atoms with Crippen LogP contribution in [0.2, 0.25) is 0 Å². The quantitative estimate of drug-likeness (QED) is 0.602. The Morgan fingerprint density at radius 1 is 1.44 bits per heavy atom. The third-order valence-corrected chi connectivity index (χ3v) is 3.46. The molecule has 0 saturated carbocycles. The Labute approximate surface area is 121 Å². The van der Waals surface area contributed by atoms with Gasteiger partial charge >= 0.3 is 0 Å². The summed E-state index contributed by atoms with van der Waals surface area (Å²) < 4.78 is 13.7. The number of benzene rings is 1. The van der Waals surface area contributed by atoms with Gasteiger partial charge in [-0.05, 0) is 47.7 Å². The van der Waals surface area contributed by atoms with E-state index in [4.69, 9.17) is 0 Å². The largest absolute Gasteiger partial charge is 0.325 e. The molecule has 0 spiro atoms. The molecule has 0 aromatic heterocycles.